The van der Waals surface area contributed by atoms with E-state index in [1.165, 1.54) is 6.08 Å². The molecule has 1 N–H and O–H groups in total. The number of nitrogens with zero attached hydrogens (tertiary/aromatic N) is 1. The van der Waals surface area contributed by atoms with Gasteiger partial charge in [0.1, 0.15) is 11.6 Å². The molecule has 0 saturated heterocycles. The molecule has 0 fully saturated rings. The molecule has 1 aromatic carbocycles. The highest BCUT2D eigenvalue weighted by molar-refractivity contribution is 6.32. The molecule has 7 heteroatoms. The van der Waals surface area contributed by atoms with Crippen molar-refractivity contribution in [2.24, 2.45) is 0 Å². The average Bonchev–Trinajstić information content (AvgIpc) is 2.95. The van der Waals surface area contributed by atoms with E-state index in [9.17, 15) is 4.79 Å². The van der Waals surface area contributed by atoms with Crippen molar-refractivity contribution >= 4 is 23.6 Å². The molecule has 0 radical (unpaired) electrons. The lowest BCUT2D eigenvalue weighted by Gasteiger charge is -2.05. The number of rotatable bonds is 6. The molecule has 1 amide bonds. The molecule has 0 unspecified atom stereocenters. The Morgan fingerprint density at radius 1 is 1.50 bits per heavy atom. The summed E-state index contributed by atoms with van der Waals surface area (Å²) in [7, 11) is 1.59. The van der Waals surface area contributed by atoms with E-state index < -0.39 is 5.91 Å². The van der Waals surface area contributed by atoms with Crippen molar-refractivity contribution in [2.45, 2.75) is 6.42 Å². The maximum atomic E-state index is 11.9. The molecule has 116 valence electrons. The molecule has 0 spiro atoms. The summed E-state index contributed by atoms with van der Waals surface area (Å²) in [6.07, 6.45) is 2.10. The molecule has 2 rings (SSSR count). The second kappa shape index (κ2) is 7.69. The molecule has 0 bridgehead atoms. The summed E-state index contributed by atoms with van der Waals surface area (Å²) < 4.78 is 15.4. The van der Waals surface area contributed by atoms with Crippen LogP contribution >= 0.6 is 11.6 Å². The number of amides is 1. The first kappa shape index (κ1) is 16.1. The van der Waals surface area contributed by atoms with Gasteiger partial charge in [0.25, 0.3) is 5.91 Å². The lowest BCUT2D eigenvalue weighted by molar-refractivity contribution is -0.117. The minimum atomic E-state index is -0.452. The van der Waals surface area contributed by atoms with Crippen LogP contribution < -0.4 is 14.8 Å². The molecule has 1 heterocycles. The first-order valence-corrected chi connectivity index (χ1v) is 7.01. The van der Waals surface area contributed by atoms with E-state index in [1.54, 1.807) is 19.2 Å². The number of hydrogen-bond acceptors (Lipinski definition) is 5. The summed E-state index contributed by atoms with van der Waals surface area (Å²) in [6, 6.07) is 5.11. The number of carbonyl (C=O) groups excluding carboxylic acids is 1. The van der Waals surface area contributed by atoms with Crippen molar-refractivity contribution in [3.8, 4) is 17.6 Å². The van der Waals surface area contributed by atoms with E-state index in [-0.39, 0.29) is 12.4 Å². The second-order valence-electron chi connectivity index (χ2n) is 4.50. The molecule has 1 aromatic rings. The molecule has 1 aliphatic rings. The number of hydrogen-bond donors (Lipinski definition) is 1. The SMILES string of the molecule is COCCCNC(=O)/C(C#N)=C/c1cc2c(cc1Cl)OCO2. The topological polar surface area (TPSA) is 80.6 Å². The largest absolute Gasteiger partial charge is 0.454 e. The number of ether oxygens (including phenoxy) is 3. The van der Waals surface area contributed by atoms with Crippen LogP contribution in [0.4, 0.5) is 0 Å². The number of halogens is 1. The van der Waals surface area contributed by atoms with Crippen LogP contribution in [-0.4, -0.2) is 33.0 Å². The van der Waals surface area contributed by atoms with Crippen LogP contribution in [0.25, 0.3) is 6.08 Å². The van der Waals surface area contributed by atoms with Gasteiger partial charge in [-0.1, -0.05) is 11.6 Å². The van der Waals surface area contributed by atoms with Crippen molar-refractivity contribution in [2.75, 3.05) is 27.1 Å². The lowest BCUT2D eigenvalue weighted by Crippen LogP contribution is -2.26. The van der Waals surface area contributed by atoms with E-state index in [4.69, 9.17) is 31.1 Å². The van der Waals surface area contributed by atoms with Crippen LogP contribution in [0.2, 0.25) is 5.02 Å². The van der Waals surface area contributed by atoms with Gasteiger partial charge in [-0.25, -0.2) is 0 Å². The zero-order valence-corrected chi connectivity index (χ0v) is 12.8. The molecular formula is C15H15ClN2O4. The van der Waals surface area contributed by atoms with Crippen molar-refractivity contribution in [1.29, 1.82) is 5.26 Å². The Bertz CT molecular complexity index is 637. The van der Waals surface area contributed by atoms with Gasteiger partial charge >= 0.3 is 0 Å². The zero-order valence-electron chi connectivity index (χ0n) is 12.0. The van der Waals surface area contributed by atoms with Crippen molar-refractivity contribution < 1.29 is 19.0 Å². The van der Waals surface area contributed by atoms with Crippen LogP contribution in [-0.2, 0) is 9.53 Å². The minimum Gasteiger partial charge on any atom is -0.454 e. The van der Waals surface area contributed by atoms with E-state index in [2.05, 4.69) is 5.32 Å². The Morgan fingerprint density at radius 3 is 2.91 bits per heavy atom. The Labute approximate surface area is 133 Å². The van der Waals surface area contributed by atoms with E-state index in [0.29, 0.717) is 41.7 Å². The number of fused-ring (bicyclic) bond motifs is 1. The van der Waals surface area contributed by atoms with Crippen LogP contribution in [0.1, 0.15) is 12.0 Å². The van der Waals surface area contributed by atoms with Gasteiger partial charge < -0.3 is 19.5 Å². The van der Waals surface area contributed by atoms with Crippen LogP contribution in [0.15, 0.2) is 17.7 Å². The molecule has 0 atom stereocenters. The second-order valence-corrected chi connectivity index (χ2v) is 4.91. The van der Waals surface area contributed by atoms with Gasteiger partial charge in [-0.15, -0.1) is 0 Å². The summed E-state index contributed by atoms with van der Waals surface area (Å²) in [6.45, 7) is 1.10. The fourth-order valence-electron chi connectivity index (χ4n) is 1.86. The van der Waals surface area contributed by atoms with Gasteiger partial charge in [0, 0.05) is 26.3 Å². The van der Waals surface area contributed by atoms with Gasteiger partial charge in [0.2, 0.25) is 6.79 Å². The van der Waals surface area contributed by atoms with Crippen LogP contribution in [0.3, 0.4) is 0 Å². The van der Waals surface area contributed by atoms with Gasteiger partial charge in [0.15, 0.2) is 11.5 Å². The van der Waals surface area contributed by atoms with Gasteiger partial charge in [-0.3, -0.25) is 4.79 Å². The number of methoxy groups -OCH3 is 1. The Balaban J connectivity index is 2.12. The standard InChI is InChI=1S/C15H15ClN2O4/c1-20-4-2-3-18-15(19)11(8-17)5-10-6-13-14(7-12(10)16)22-9-21-13/h5-7H,2-4,9H2,1H3,(H,18,19)/b11-5+. The summed E-state index contributed by atoms with van der Waals surface area (Å²) in [5, 5.41) is 12.2. The molecule has 1 aliphatic heterocycles. The predicted octanol–water partition coefficient (Wildman–Crippen LogP) is 2.13. The quantitative estimate of drug-likeness (QED) is 0.493. The summed E-state index contributed by atoms with van der Waals surface area (Å²) in [5.74, 6) is 0.630. The minimum absolute atomic E-state index is 0.0295. The Kier molecular flexibility index (Phi) is 5.64. The highest BCUT2D eigenvalue weighted by Crippen LogP contribution is 2.37. The van der Waals surface area contributed by atoms with E-state index >= 15 is 0 Å². The summed E-state index contributed by atoms with van der Waals surface area (Å²) in [5.41, 5.74) is 0.493. The van der Waals surface area contributed by atoms with Gasteiger partial charge in [-0.2, -0.15) is 5.26 Å². The fourth-order valence-corrected chi connectivity index (χ4v) is 2.07. The van der Waals surface area contributed by atoms with Gasteiger partial charge in [-0.05, 0) is 24.1 Å². The smallest absolute Gasteiger partial charge is 0.261 e. The van der Waals surface area contributed by atoms with E-state index in [1.807, 2.05) is 6.07 Å². The molecular weight excluding hydrogens is 308 g/mol. The maximum absolute atomic E-state index is 11.9. The van der Waals surface area contributed by atoms with Crippen molar-refractivity contribution in [3.05, 3.63) is 28.3 Å². The molecule has 0 saturated carbocycles. The number of benzene rings is 1. The first-order valence-electron chi connectivity index (χ1n) is 6.63. The third-order valence-electron chi connectivity index (χ3n) is 2.97. The van der Waals surface area contributed by atoms with Gasteiger partial charge in [0.05, 0.1) is 5.02 Å². The number of nitrogens with one attached hydrogen (secondary N) is 1. The highest BCUT2D eigenvalue weighted by Gasteiger charge is 2.17. The predicted molar refractivity (Wildman–Crippen MR) is 80.7 cm³/mol. The normalized spacial score (nSPS) is 12.9. The highest BCUT2D eigenvalue weighted by atomic mass is 35.5. The zero-order chi connectivity index (χ0) is 15.9. The maximum Gasteiger partial charge on any atom is 0.261 e. The monoisotopic (exact) mass is 322 g/mol. The summed E-state index contributed by atoms with van der Waals surface area (Å²) in [4.78, 5) is 11.9. The molecule has 6 nitrogen and oxygen atoms in total. The first-order chi connectivity index (χ1) is 10.7. The number of nitriles is 1. The van der Waals surface area contributed by atoms with Crippen LogP contribution in [0.5, 0.6) is 11.5 Å². The van der Waals surface area contributed by atoms with E-state index in [0.717, 1.165) is 0 Å². The van der Waals surface area contributed by atoms with Crippen LogP contribution in [0, 0.1) is 11.3 Å². The summed E-state index contributed by atoms with van der Waals surface area (Å²) >= 11 is 6.12. The molecule has 0 aromatic heterocycles. The Hall–Kier alpha value is -2.23. The van der Waals surface area contributed by atoms with Crippen molar-refractivity contribution in [1.82, 2.24) is 5.32 Å². The average molecular weight is 323 g/mol. The molecule has 22 heavy (non-hydrogen) atoms. The molecule has 0 aliphatic carbocycles. The third-order valence-corrected chi connectivity index (χ3v) is 3.29. The lowest BCUT2D eigenvalue weighted by atomic mass is 10.1. The fraction of sp³-hybridized carbons (Fsp3) is 0.333. The number of carbonyl (C=O) groups is 1. The Morgan fingerprint density at radius 2 is 2.23 bits per heavy atom. The third kappa shape index (κ3) is 3.91. The van der Waals surface area contributed by atoms with Crippen molar-refractivity contribution in [3.63, 3.8) is 0 Å².